The Kier molecular flexibility index (Phi) is 6.41. The van der Waals surface area contributed by atoms with Crippen LogP contribution >= 0.6 is 0 Å². The van der Waals surface area contributed by atoms with E-state index in [1.54, 1.807) is 16.8 Å². The van der Waals surface area contributed by atoms with E-state index in [1.807, 2.05) is 12.1 Å². The SMILES string of the molecule is COc1cccc(Cn2nccc2NC(=O)CN2C(=O)NC(C)(c3ccc(F)cc3)C2=O)c1OC. The van der Waals surface area contributed by atoms with Crippen molar-refractivity contribution in [1.29, 1.82) is 0 Å². The fourth-order valence-electron chi connectivity index (χ4n) is 3.95. The van der Waals surface area contributed by atoms with Crippen LogP contribution in [0.15, 0.2) is 54.7 Å². The molecular weight excluding hydrogens is 457 g/mol. The van der Waals surface area contributed by atoms with Gasteiger partial charge in [-0.25, -0.2) is 13.9 Å². The van der Waals surface area contributed by atoms with Gasteiger partial charge in [-0.05, 0) is 30.7 Å². The number of methoxy groups -OCH3 is 2. The first-order valence-electron chi connectivity index (χ1n) is 10.7. The molecule has 1 atom stereocenters. The van der Waals surface area contributed by atoms with Crippen molar-refractivity contribution in [3.63, 3.8) is 0 Å². The number of hydrogen-bond donors (Lipinski definition) is 2. The van der Waals surface area contributed by atoms with Crippen LogP contribution in [0.5, 0.6) is 11.5 Å². The van der Waals surface area contributed by atoms with Crippen molar-refractivity contribution in [1.82, 2.24) is 20.0 Å². The third kappa shape index (κ3) is 4.52. The van der Waals surface area contributed by atoms with Crippen molar-refractivity contribution in [3.8, 4) is 11.5 Å². The van der Waals surface area contributed by atoms with E-state index in [2.05, 4.69) is 15.7 Å². The van der Waals surface area contributed by atoms with Crippen LogP contribution in [-0.4, -0.2) is 53.3 Å². The number of nitrogens with zero attached hydrogens (tertiary/aromatic N) is 3. The Hall–Kier alpha value is -4.41. The molecule has 4 rings (SSSR count). The Morgan fingerprint density at radius 3 is 2.54 bits per heavy atom. The maximum atomic E-state index is 13.3. The molecule has 0 spiro atoms. The van der Waals surface area contributed by atoms with Crippen molar-refractivity contribution >= 4 is 23.7 Å². The molecular formula is C24H24FN5O5. The molecule has 1 aromatic heterocycles. The summed E-state index contributed by atoms with van der Waals surface area (Å²) in [6, 6.07) is 11.6. The van der Waals surface area contributed by atoms with Gasteiger partial charge in [-0.2, -0.15) is 5.10 Å². The molecule has 0 bridgehead atoms. The molecule has 1 saturated heterocycles. The monoisotopic (exact) mass is 481 g/mol. The van der Waals surface area contributed by atoms with Gasteiger partial charge in [0.25, 0.3) is 5.91 Å². The number of halogens is 1. The van der Waals surface area contributed by atoms with Crippen LogP contribution in [0.1, 0.15) is 18.1 Å². The molecule has 4 amide bonds. The fraction of sp³-hybridized carbons (Fsp3) is 0.250. The first-order valence-corrected chi connectivity index (χ1v) is 10.7. The van der Waals surface area contributed by atoms with E-state index >= 15 is 0 Å². The lowest BCUT2D eigenvalue weighted by Gasteiger charge is -2.22. The Balaban J connectivity index is 1.47. The van der Waals surface area contributed by atoms with E-state index in [9.17, 15) is 18.8 Å². The summed E-state index contributed by atoms with van der Waals surface area (Å²) in [4.78, 5) is 39.1. The summed E-state index contributed by atoms with van der Waals surface area (Å²) < 4.78 is 25.6. The highest BCUT2D eigenvalue weighted by molar-refractivity contribution is 6.10. The highest BCUT2D eigenvalue weighted by atomic mass is 19.1. The lowest BCUT2D eigenvalue weighted by molar-refractivity contribution is -0.133. The average Bonchev–Trinajstić information content (AvgIpc) is 3.36. The lowest BCUT2D eigenvalue weighted by Crippen LogP contribution is -2.42. The van der Waals surface area contributed by atoms with E-state index in [1.165, 1.54) is 51.6 Å². The summed E-state index contributed by atoms with van der Waals surface area (Å²) >= 11 is 0. The molecule has 2 aromatic carbocycles. The summed E-state index contributed by atoms with van der Waals surface area (Å²) in [7, 11) is 3.07. The van der Waals surface area contributed by atoms with Crippen molar-refractivity contribution < 1.29 is 28.2 Å². The predicted molar refractivity (Wildman–Crippen MR) is 124 cm³/mol. The molecule has 2 N–H and O–H groups in total. The normalized spacial score (nSPS) is 17.3. The second kappa shape index (κ2) is 9.45. The molecule has 1 aliphatic heterocycles. The number of amides is 4. The van der Waals surface area contributed by atoms with E-state index in [-0.39, 0.29) is 6.54 Å². The van der Waals surface area contributed by atoms with Crippen LogP contribution < -0.4 is 20.1 Å². The molecule has 0 radical (unpaired) electrons. The van der Waals surface area contributed by atoms with Crippen molar-refractivity contribution in [2.75, 3.05) is 26.1 Å². The number of anilines is 1. The van der Waals surface area contributed by atoms with E-state index in [0.717, 1.165) is 10.5 Å². The first-order chi connectivity index (χ1) is 16.8. The van der Waals surface area contributed by atoms with Crippen LogP contribution in [0, 0.1) is 5.82 Å². The summed E-state index contributed by atoms with van der Waals surface area (Å²) in [6.45, 7) is 1.28. The van der Waals surface area contributed by atoms with Crippen molar-refractivity contribution in [3.05, 3.63) is 71.7 Å². The van der Waals surface area contributed by atoms with E-state index in [0.29, 0.717) is 22.9 Å². The number of rotatable bonds is 8. The number of para-hydroxylation sites is 1. The van der Waals surface area contributed by atoms with E-state index in [4.69, 9.17) is 9.47 Å². The molecule has 1 unspecified atom stereocenters. The Morgan fingerprint density at radius 1 is 1.11 bits per heavy atom. The molecule has 35 heavy (non-hydrogen) atoms. The zero-order valence-corrected chi connectivity index (χ0v) is 19.4. The van der Waals surface area contributed by atoms with Gasteiger partial charge in [0.15, 0.2) is 11.5 Å². The zero-order valence-electron chi connectivity index (χ0n) is 19.4. The number of urea groups is 1. The van der Waals surface area contributed by atoms with Gasteiger partial charge in [0, 0.05) is 11.6 Å². The summed E-state index contributed by atoms with van der Waals surface area (Å²) in [5.74, 6) is -0.190. The van der Waals surface area contributed by atoms with Gasteiger partial charge in [0.1, 0.15) is 23.7 Å². The lowest BCUT2D eigenvalue weighted by atomic mass is 9.92. The summed E-state index contributed by atoms with van der Waals surface area (Å²) in [5, 5.41) is 9.52. The average molecular weight is 481 g/mol. The number of aromatic nitrogens is 2. The van der Waals surface area contributed by atoms with Crippen LogP contribution in [0.4, 0.5) is 15.0 Å². The molecule has 11 heteroatoms. The second-order valence-corrected chi connectivity index (χ2v) is 8.03. The number of carbonyl (C=O) groups excluding carboxylic acids is 3. The smallest absolute Gasteiger partial charge is 0.325 e. The summed E-state index contributed by atoms with van der Waals surface area (Å²) in [5.41, 5.74) is -0.226. The Labute approximate surface area is 200 Å². The molecule has 1 aliphatic rings. The maximum absolute atomic E-state index is 13.3. The van der Waals surface area contributed by atoms with Gasteiger partial charge in [-0.3, -0.25) is 14.5 Å². The van der Waals surface area contributed by atoms with Gasteiger partial charge in [0.2, 0.25) is 5.91 Å². The zero-order chi connectivity index (χ0) is 25.2. The van der Waals surface area contributed by atoms with Crippen LogP contribution in [0.2, 0.25) is 0 Å². The fourth-order valence-corrected chi connectivity index (χ4v) is 3.95. The molecule has 0 saturated carbocycles. The van der Waals surface area contributed by atoms with Crippen LogP contribution in [0.3, 0.4) is 0 Å². The number of imide groups is 1. The Bertz CT molecular complexity index is 1280. The maximum Gasteiger partial charge on any atom is 0.325 e. The highest BCUT2D eigenvalue weighted by Crippen LogP contribution is 2.32. The largest absolute Gasteiger partial charge is 0.493 e. The minimum atomic E-state index is -1.41. The van der Waals surface area contributed by atoms with E-state index < -0.39 is 35.7 Å². The number of hydrogen-bond acceptors (Lipinski definition) is 6. The standard InChI is InChI=1S/C24H24FN5O5/c1-24(16-7-9-17(25)10-8-16)22(32)29(23(33)28-24)14-20(31)27-19-11-12-26-30(19)13-15-5-4-6-18(34-2)21(15)35-3/h4-12H,13-14H2,1-3H3,(H,27,31)(H,28,33). The molecule has 10 nitrogen and oxygen atoms in total. The van der Waals surface area contributed by atoms with Crippen LogP contribution in [-0.2, 0) is 21.7 Å². The molecule has 182 valence electrons. The predicted octanol–water partition coefficient (Wildman–Crippen LogP) is 2.49. The quantitative estimate of drug-likeness (QED) is 0.478. The molecule has 1 fully saturated rings. The third-order valence-electron chi connectivity index (χ3n) is 5.79. The van der Waals surface area contributed by atoms with Gasteiger partial charge >= 0.3 is 6.03 Å². The second-order valence-electron chi connectivity index (χ2n) is 8.03. The number of carbonyl (C=O) groups is 3. The molecule has 2 heterocycles. The number of nitrogens with one attached hydrogen (secondary N) is 2. The van der Waals surface area contributed by atoms with Gasteiger partial charge in [0.05, 0.1) is 27.0 Å². The minimum Gasteiger partial charge on any atom is -0.493 e. The van der Waals surface area contributed by atoms with Gasteiger partial charge in [-0.1, -0.05) is 24.3 Å². The Morgan fingerprint density at radius 2 is 1.86 bits per heavy atom. The number of ether oxygens (including phenoxy) is 2. The first kappa shape index (κ1) is 23.7. The van der Waals surface area contributed by atoms with Crippen LogP contribution in [0.25, 0.3) is 0 Å². The van der Waals surface area contributed by atoms with Crippen molar-refractivity contribution in [2.24, 2.45) is 0 Å². The molecule has 3 aromatic rings. The highest BCUT2D eigenvalue weighted by Gasteiger charge is 2.49. The number of benzene rings is 2. The third-order valence-corrected chi connectivity index (χ3v) is 5.79. The summed E-state index contributed by atoms with van der Waals surface area (Å²) in [6.07, 6.45) is 1.52. The molecule has 0 aliphatic carbocycles. The minimum absolute atomic E-state index is 0.273. The van der Waals surface area contributed by atoms with Gasteiger partial charge < -0.3 is 20.1 Å². The van der Waals surface area contributed by atoms with Gasteiger partial charge in [-0.15, -0.1) is 0 Å². The van der Waals surface area contributed by atoms with Crippen molar-refractivity contribution in [2.45, 2.75) is 19.0 Å². The topological polar surface area (TPSA) is 115 Å².